The van der Waals surface area contributed by atoms with Crippen LogP contribution in [0.5, 0.6) is 0 Å². The molecule has 0 aromatic heterocycles. The molecule has 0 heterocycles. The van der Waals surface area contributed by atoms with Gasteiger partial charge in [-0.3, -0.25) is 23.7 Å². The first kappa shape index (κ1) is 32.0. The zero-order valence-electron chi connectivity index (χ0n) is 23.0. The lowest BCUT2D eigenvalue weighted by molar-refractivity contribution is -0.259. The van der Waals surface area contributed by atoms with Crippen molar-refractivity contribution >= 4 is 33.4 Å². The maximum absolute atomic E-state index is 13.8. The van der Waals surface area contributed by atoms with Crippen LogP contribution in [-0.2, 0) is 34.0 Å². The van der Waals surface area contributed by atoms with Crippen LogP contribution in [-0.4, -0.2) is 53.8 Å². The van der Waals surface area contributed by atoms with Crippen molar-refractivity contribution in [3.05, 3.63) is 0 Å². The summed E-state index contributed by atoms with van der Waals surface area (Å²) in [5.74, 6) is -3.26. The average molecular weight is 615 g/mol. The predicted molar refractivity (Wildman–Crippen MR) is 132 cm³/mol. The molecule has 4 saturated carbocycles. The molecular weight excluding hydrogens is 579 g/mol. The highest BCUT2D eigenvalue weighted by atomic mass is 32.2. The number of esters is 1. The fraction of sp³-hybridized carbons (Fsp3) is 0.852. The summed E-state index contributed by atoms with van der Waals surface area (Å²) in [7, 11) is -6.54. The van der Waals surface area contributed by atoms with Crippen LogP contribution >= 0.6 is 0 Å². The average Bonchev–Trinajstić information content (AvgIpc) is 3.19. The van der Waals surface area contributed by atoms with Gasteiger partial charge in [-0.2, -0.15) is 30.4 Å². The zero-order valence-corrected chi connectivity index (χ0v) is 23.8. The van der Waals surface area contributed by atoms with Gasteiger partial charge in [0.15, 0.2) is 0 Å². The van der Waals surface area contributed by atoms with E-state index in [0.29, 0.717) is 32.1 Å². The Balaban J connectivity index is 1.47. The summed E-state index contributed by atoms with van der Waals surface area (Å²) in [5.41, 5.74) is -1.24. The van der Waals surface area contributed by atoms with E-state index >= 15 is 0 Å². The van der Waals surface area contributed by atoms with E-state index in [1.165, 1.54) is 0 Å². The largest absolute Gasteiger partial charge is 0.445 e. The molecule has 0 spiro atoms. The molecule has 4 aliphatic rings. The van der Waals surface area contributed by atoms with E-state index in [-0.39, 0.29) is 71.6 Å². The molecule has 4 fully saturated rings. The second-order valence-corrected chi connectivity index (χ2v) is 14.4. The van der Waals surface area contributed by atoms with E-state index in [4.69, 9.17) is 4.55 Å². The smallest absolute Gasteiger partial charge is 0.432 e. The normalized spacial score (nSPS) is 37.6. The van der Waals surface area contributed by atoms with Gasteiger partial charge in [0.25, 0.3) is 6.10 Å². The minimum Gasteiger partial charge on any atom is -0.445 e. The van der Waals surface area contributed by atoms with Crippen molar-refractivity contribution in [3.8, 4) is 0 Å². The molecule has 1 N–H and O–H groups in total. The molecule has 0 amide bonds. The quantitative estimate of drug-likeness (QED) is 0.242. The third-order valence-corrected chi connectivity index (χ3v) is 11.8. The molecule has 14 heteroatoms. The summed E-state index contributed by atoms with van der Waals surface area (Å²) in [5, 5.41) is -5.81. The van der Waals surface area contributed by atoms with Crippen molar-refractivity contribution in [3.63, 3.8) is 0 Å². The first-order valence-electron chi connectivity index (χ1n) is 13.8. The number of Topliss-reactive ketones (excluding diaryl/α,β-unsaturated/α-hetero) is 3. The van der Waals surface area contributed by atoms with Gasteiger partial charge in [0.2, 0.25) is 0 Å². The van der Waals surface area contributed by atoms with Gasteiger partial charge in [-0.25, -0.2) is 0 Å². The number of carbonyl (C=O) groups excluding carboxylic acids is 4. The lowest BCUT2D eigenvalue weighted by Crippen LogP contribution is -2.60. The van der Waals surface area contributed by atoms with Crippen LogP contribution in [0.15, 0.2) is 0 Å². The van der Waals surface area contributed by atoms with E-state index < -0.39 is 51.4 Å². The predicted octanol–water partition coefficient (Wildman–Crippen LogP) is 4.94. The topological polar surface area (TPSA) is 132 Å². The van der Waals surface area contributed by atoms with Crippen molar-refractivity contribution in [1.82, 2.24) is 0 Å². The summed E-state index contributed by atoms with van der Waals surface area (Å²) in [6.07, 6.45) is -8.36. The Morgan fingerprint density at radius 3 is 2.27 bits per heavy atom. The molecule has 41 heavy (non-hydrogen) atoms. The van der Waals surface area contributed by atoms with Crippen LogP contribution in [0.1, 0.15) is 78.6 Å². The molecule has 4 rings (SSSR count). The molecule has 0 bridgehead atoms. The molecule has 8 nitrogen and oxygen atoms in total. The zero-order chi connectivity index (χ0) is 30.9. The van der Waals surface area contributed by atoms with Gasteiger partial charge in [-0.1, -0.05) is 20.8 Å². The number of rotatable bonds is 7. The molecular formula is C27H35F5O8S. The van der Waals surface area contributed by atoms with E-state index in [9.17, 15) is 49.5 Å². The number of ketones is 3. The van der Waals surface area contributed by atoms with Gasteiger partial charge in [0, 0.05) is 43.4 Å². The Labute approximate surface area is 234 Å². The second-order valence-electron chi connectivity index (χ2n) is 12.9. The number of hydrogen-bond donors (Lipinski definition) is 1. The third-order valence-electron chi connectivity index (χ3n) is 10.9. The van der Waals surface area contributed by atoms with Gasteiger partial charge in [-0.05, 0) is 60.7 Å². The fourth-order valence-corrected chi connectivity index (χ4v) is 9.04. The van der Waals surface area contributed by atoms with E-state index in [2.05, 4.69) is 11.7 Å². The number of ether oxygens (including phenoxy) is 1. The third kappa shape index (κ3) is 5.25. The summed E-state index contributed by atoms with van der Waals surface area (Å²) < 4.78 is 101. The monoisotopic (exact) mass is 614 g/mol. The van der Waals surface area contributed by atoms with Gasteiger partial charge in [0.05, 0.1) is 0 Å². The molecule has 0 radical (unpaired) electrons. The lowest BCUT2D eigenvalue weighted by Gasteiger charge is -2.58. The van der Waals surface area contributed by atoms with Crippen LogP contribution in [0, 0.1) is 46.3 Å². The van der Waals surface area contributed by atoms with Gasteiger partial charge in [0.1, 0.15) is 17.3 Å². The maximum atomic E-state index is 13.8. The number of fused-ring (bicyclic) bond motifs is 5. The fourth-order valence-electron chi connectivity index (χ4n) is 8.59. The van der Waals surface area contributed by atoms with E-state index in [1.54, 1.807) is 13.8 Å². The summed E-state index contributed by atoms with van der Waals surface area (Å²) >= 11 is 0. The van der Waals surface area contributed by atoms with Crippen molar-refractivity contribution in [2.75, 3.05) is 0 Å². The molecule has 9 atom stereocenters. The number of carbonyl (C=O) groups is 4. The highest BCUT2D eigenvalue weighted by Gasteiger charge is 2.67. The minimum atomic E-state index is -6.54. The van der Waals surface area contributed by atoms with E-state index in [1.807, 2.05) is 0 Å². The molecule has 0 aromatic carbocycles. The lowest BCUT2D eigenvalue weighted by atomic mass is 9.44. The van der Waals surface area contributed by atoms with Crippen molar-refractivity contribution < 1.29 is 58.8 Å². The number of halogens is 5. The van der Waals surface area contributed by atoms with Crippen molar-refractivity contribution in [2.45, 2.75) is 96.1 Å². The standard InChI is InChI=1S/C27H35F5O8S/c1-13(4-7-21(36)40-23(26(28,29)30)27(31,32)41(37,38)39)16-5-6-17-22-18(12-20(35)25(16,17)3)24(2)9-8-15(33)10-14(24)11-19(22)34/h13-14,16-18,22-23H,4-12H2,1-3H3,(H,37,38,39)/t13-,14?,16-,17?,18?,22?,23?,24+,25-/m1/s1. The van der Waals surface area contributed by atoms with Gasteiger partial charge >= 0.3 is 27.5 Å². The Morgan fingerprint density at radius 1 is 1.05 bits per heavy atom. The van der Waals surface area contributed by atoms with Crippen LogP contribution in [0.25, 0.3) is 0 Å². The first-order valence-corrected chi connectivity index (χ1v) is 15.3. The molecule has 5 unspecified atom stereocenters. The summed E-state index contributed by atoms with van der Waals surface area (Å²) in [6.45, 7) is 5.55. The Hall–Kier alpha value is -1.96. The van der Waals surface area contributed by atoms with Crippen LogP contribution in [0.4, 0.5) is 22.0 Å². The van der Waals surface area contributed by atoms with Crippen LogP contribution in [0.3, 0.4) is 0 Å². The Bertz CT molecular complexity index is 1230. The van der Waals surface area contributed by atoms with Gasteiger partial charge < -0.3 is 4.74 Å². The van der Waals surface area contributed by atoms with Crippen molar-refractivity contribution in [1.29, 1.82) is 0 Å². The SMILES string of the molecule is C[C@H](CCC(=O)OC(C(F)(F)F)C(F)(F)S(=O)(=O)O)[C@H]1CCC2C3C(=O)CC4CC(=O)CC[C@]4(C)C3CC(=O)[C@@]21C. The van der Waals surface area contributed by atoms with E-state index in [0.717, 1.165) is 0 Å². The van der Waals surface area contributed by atoms with Crippen LogP contribution < -0.4 is 0 Å². The van der Waals surface area contributed by atoms with Gasteiger partial charge in [-0.15, -0.1) is 0 Å². The second kappa shape index (κ2) is 10.3. The Kier molecular flexibility index (Phi) is 8.06. The molecule has 232 valence electrons. The molecule has 0 saturated heterocycles. The summed E-state index contributed by atoms with van der Waals surface area (Å²) in [6, 6.07) is 0. The highest BCUT2D eigenvalue weighted by Crippen LogP contribution is 2.66. The summed E-state index contributed by atoms with van der Waals surface area (Å²) in [4.78, 5) is 51.5. The highest BCUT2D eigenvalue weighted by molar-refractivity contribution is 7.86. The molecule has 4 aliphatic carbocycles. The maximum Gasteiger partial charge on any atom is 0.432 e. The number of alkyl halides is 5. The number of hydrogen-bond acceptors (Lipinski definition) is 7. The minimum absolute atomic E-state index is 0.0304. The van der Waals surface area contributed by atoms with Crippen LogP contribution in [0.2, 0.25) is 0 Å². The molecule has 0 aliphatic heterocycles. The Morgan fingerprint density at radius 2 is 1.68 bits per heavy atom. The first-order chi connectivity index (χ1) is 18.7. The van der Waals surface area contributed by atoms with Crippen molar-refractivity contribution in [2.24, 2.45) is 46.3 Å². The molecule has 0 aromatic rings.